The molecule has 0 N–H and O–H groups in total. The number of methoxy groups -OCH3 is 1. The highest BCUT2D eigenvalue weighted by atomic mass is 32.1. The SMILES string of the molecule is COc1cc(C(C)=O)ccc1-c1cscn1. The van der Waals surface area contributed by atoms with Crippen LogP contribution < -0.4 is 4.74 Å². The maximum atomic E-state index is 11.2. The molecule has 0 saturated carbocycles. The largest absolute Gasteiger partial charge is 0.496 e. The quantitative estimate of drug-likeness (QED) is 0.765. The van der Waals surface area contributed by atoms with Gasteiger partial charge in [0.2, 0.25) is 0 Å². The van der Waals surface area contributed by atoms with E-state index in [1.807, 2.05) is 11.4 Å². The number of carbonyl (C=O) groups is 1. The van der Waals surface area contributed by atoms with Crippen molar-refractivity contribution in [1.82, 2.24) is 4.98 Å². The monoisotopic (exact) mass is 233 g/mol. The summed E-state index contributed by atoms with van der Waals surface area (Å²) >= 11 is 1.53. The number of nitrogens with zero attached hydrogens (tertiary/aromatic N) is 1. The van der Waals surface area contributed by atoms with Crippen LogP contribution in [0.5, 0.6) is 5.75 Å². The number of carbonyl (C=O) groups excluding carboxylic acids is 1. The van der Waals surface area contributed by atoms with Gasteiger partial charge in [-0.1, -0.05) is 6.07 Å². The van der Waals surface area contributed by atoms with Gasteiger partial charge >= 0.3 is 0 Å². The molecule has 2 rings (SSSR count). The first kappa shape index (κ1) is 10.8. The molecule has 0 amide bonds. The van der Waals surface area contributed by atoms with E-state index in [-0.39, 0.29) is 5.78 Å². The molecule has 0 saturated heterocycles. The van der Waals surface area contributed by atoms with E-state index in [4.69, 9.17) is 4.74 Å². The summed E-state index contributed by atoms with van der Waals surface area (Å²) < 4.78 is 5.27. The van der Waals surface area contributed by atoms with Crippen molar-refractivity contribution in [2.75, 3.05) is 7.11 Å². The minimum atomic E-state index is 0.0307. The second kappa shape index (κ2) is 4.45. The number of benzene rings is 1. The van der Waals surface area contributed by atoms with Gasteiger partial charge in [-0.05, 0) is 19.1 Å². The molecule has 0 radical (unpaired) electrons. The fraction of sp³-hybridized carbons (Fsp3) is 0.167. The molecule has 2 aromatic rings. The Bertz CT molecular complexity index is 506. The lowest BCUT2D eigenvalue weighted by molar-refractivity contribution is 0.101. The van der Waals surface area contributed by atoms with E-state index in [1.54, 1.807) is 24.8 Å². The number of hydrogen-bond acceptors (Lipinski definition) is 4. The van der Waals surface area contributed by atoms with Gasteiger partial charge in [0.1, 0.15) is 5.75 Å². The van der Waals surface area contributed by atoms with Crippen LogP contribution in [-0.4, -0.2) is 17.9 Å². The van der Waals surface area contributed by atoms with Gasteiger partial charge in [0.25, 0.3) is 0 Å². The second-order valence-corrected chi connectivity index (χ2v) is 4.06. The standard InChI is InChI=1S/C12H11NO2S/c1-8(14)9-3-4-10(12(5-9)15-2)11-6-16-7-13-11/h3-7H,1-2H3. The zero-order valence-electron chi connectivity index (χ0n) is 9.06. The van der Waals surface area contributed by atoms with E-state index in [0.717, 1.165) is 11.3 Å². The molecule has 16 heavy (non-hydrogen) atoms. The highest BCUT2D eigenvalue weighted by molar-refractivity contribution is 7.07. The molecule has 0 atom stereocenters. The Morgan fingerprint density at radius 3 is 2.81 bits per heavy atom. The van der Waals surface area contributed by atoms with Crippen molar-refractivity contribution in [3.63, 3.8) is 0 Å². The van der Waals surface area contributed by atoms with Gasteiger partial charge in [0.15, 0.2) is 5.78 Å². The van der Waals surface area contributed by atoms with Crippen molar-refractivity contribution in [2.24, 2.45) is 0 Å². The minimum Gasteiger partial charge on any atom is -0.496 e. The summed E-state index contributed by atoms with van der Waals surface area (Å²) in [6, 6.07) is 5.40. The third-order valence-electron chi connectivity index (χ3n) is 2.32. The summed E-state index contributed by atoms with van der Waals surface area (Å²) in [5.74, 6) is 0.710. The van der Waals surface area contributed by atoms with E-state index in [2.05, 4.69) is 4.98 Å². The number of Topliss-reactive ketones (excluding diaryl/α,β-unsaturated/α-hetero) is 1. The number of hydrogen-bond donors (Lipinski definition) is 0. The number of thiazole rings is 1. The molecule has 0 aliphatic rings. The van der Waals surface area contributed by atoms with Gasteiger partial charge in [0.05, 0.1) is 18.3 Å². The van der Waals surface area contributed by atoms with Crippen LogP contribution in [0.1, 0.15) is 17.3 Å². The molecule has 0 bridgehead atoms. The normalized spacial score (nSPS) is 10.1. The van der Waals surface area contributed by atoms with Crippen LogP contribution in [0, 0.1) is 0 Å². The van der Waals surface area contributed by atoms with Crippen LogP contribution in [0.15, 0.2) is 29.1 Å². The van der Waals surface area contributed by atoms with Crippen LogP contribution in [0.3, 0.4) is 0 Å². The van der Waals surface area contributed by atoms with Gasteiger partial charge in [-0.25, -0.2) is 4.98 Å². The zero-order chi connectivity index (χ0) is 11.5. The highest BCUT2D eigenvalue weighted by Gasteiger charge is 2.10. The van der Waals surface area contributed by atoms with Crippen LogP contribution in [0.4, 0.5) is 0 Å². The van der Waals surface area contributed by atoms with Gasteiger partial charge in [0, 0.05) is 16.5 Å². The predicted octanol–water partition coefficient (Wildman–Crippen LogP) is 3.02. The molecule has 3 nitrogen and oxygen atoms in total. The van der Waals surface area contributed by atoms with E-state index in [0.29, 0.717) is 11.3 Å². The average molecular weight is 233 g/mol. The Kier molecular flexibility index (Phi) is 3.01. The predicted molar refractivity (Wildman–Crippen MR) is 64.1 cm³/mol. The second-order valence-electron chi connectivity index (χ2n) is 3.34. The Morgan fingerprint density at radius 2 is 2.25 bits per heavy atom. The van der Waals surface area contributed by atoms with Crippen LogP contribution in [0.2, 0.25) is 0 Å². The van der Waals surface area contributed by atoms with E-state index >= 15 is 0 Å². The topological polar surface area (TPSA) is 39.2 Å². The first-order valence-electron chi connectivity index (χ1n) is 4.80. The molecule has 1 aromatic carbocycles. The Labute approximate surface area is 97.7 Å². The molecule has 0 fully saturated rings. The minimum absolute atomic E-state index is 0.0307. The molecular formula is C12H11NO2S. The molecule has 82 valence electrons. The first-order chi connectivity index (χ1) is 7.72. The molecule has 0 unspecified atom stereocenters. The van der Waals surface area contributed by atoms with E-state index in [9.17, 15) is 4.79 Å². The Balaban J connectivity index is 2.51. The van der Waals surface area contributed by atoms with Crippen molar-refractivity contribution < 1.29 is 9.53 Å². The summed E-state index contributed by atoms with van der Waals surface area (Å²) in [5.41, 5.74) is 4.20. The lowest BCUT2D eigenvalue weighted by Gasteiger charge is -2.07. The Morgan fingerprint density at radius 1 is 1.44 bits per heavy atom. The first-order valence-corrected chi connectivity index (χ1v) is 5.74. The maximum Gasteiger partial charge on any atom is 0.159 e. The summed E-state index contributed by atoms with van der Waals surface area (Å²) in [4.78, 5) is 15.5. The molecular weight excluding hydrogens is 222 g/mol. The van der Waals surface area contributed by atoms with Crippen LogP contribution in [-0.2, 0) is 0 Å². The molecule has 1 aromatic heterocycles. The summed E-state index contributed by atoms with van der Waals surface area (Å²) in [6.07, 6.45) is 0. The van der Waals surface area contributed by atoms with Crippen molar-refractivity contribution >= 4 is 17.1 Å². The highest BCUT2D eigenvalue weighted by Crippen LogP contribution is 2.30. The number of aromatic nitrogens is 1. The van der Waals surface area contributed by atoms with Crippen molar-refractivity contribution in [3.8, 4) is 17.0 Å². The molecule has 1 heterocycles. The summed E-state index contributed by atoms with van der Waals surface area (Å²) in [5, 5.41) is 1.95. The third-order valence-corrected chi connectivity index (χ3v) is 2.90. The molecule has 0 spiro atoms. The van der Waals surface area contributed by atoms with E-state index < -0.39 is 0 Å². The fourth-order valence-electron chi connectivity index (χ4n) is 1.47. The molecule has 0 aliphatic carbocycles. The van der Waals surface area contributed by atoms with Gasteiger partial charge < -0.3 is 4.74 Å². The van der Waals surface area contributed by atoms with Crippen LogP contribution in [0.25, 0.3) is 11.3 Å². The average Bonchev–Trinajstić information content (AvgIpc) is 2.81. The summed E-state index contributed by atoms with van der Waals surface area (Å²) in [6.45, 7) is 1.54. The lowest BCUT2D eigenvalue weighted by atomic mass is 10.1. The number of ether oxygens (including phenoxy) is 1. The van der Waals surface area contributed by atoms with Crippen molar-refractivity contribution in [1.29, 1.82) is 0 Å². The fourth-order valence-corrected chi connectivity index (χ4v) is 2.02. The van der Waals surface area contributed by atoms with E-state index in [1.165, 1.54) is 18.3 Å². The molecule has 4 heteroatoms. The smallest absolute Gasteiger partial charge is 0.159 e. The third kappa shape index (κ3) is 1.97. The lowest BCUT2D eigenvalue weighted by Crippen LogP contribution is -1.95. The Hall–Kier alpha value is -1.68. The van der Waals surface area contributed by atoms with Gasteiger partial charge in [-0.15, -0.1) is 11.3 Å². The number of ketones is 1. The van der Waals surface area contributed by atoms with Gasteiger partial charge in [-0.3, -0.25) is 4.79 Å². The summed E-state index contributed by atoms with van der Waals surface area (Å²) in [7, 11) is 1.59. The zero-order valence-corrected chi connectivity index (χ0v) is 9.88. The van der Waals surface area contributed by atoms with Crippen molar-refractivity contribution in [3.05, 3.63) is 34.7 Å². The van der Waals surface area contributed by atoms with Gasteiger partial charge in [-0.2, -0.15) is 0 Å². The maximum absolute atomic E-state index is 11.2. The van der Waals surface area contributed by atoms with Crippen molar-refractivity contribution in [2.45, 2.75) is 6.92 Å². The molecule has 0 aliphatic heterocycles. The van der Waals surface area contributed by atoms with Crippen LogP contribution >= 0.6 is 11.3 Å². The number of rotatable bonds is 3.